The van der Waals surface area contributed by atoms with Crippen LogP contribution in [0.4, 0.5) is 5.69 Å². The quantitative estimate of drug-likeness (QED) is 0.560. The Balaban J connectivity index is 2.23. The lowest BCUT2D eigenvalue weighted by Crippen LogP contribution is -2.24. The first kappa shape index (κ1) is 11.1. The van der Waals surface area contributed by atoms with Gasteiger partial charge in [-0.1, -0.05) is 38.3 Å². The zero-order valence-corrected chi connectivity index (χ0v) is 9.61. The Morgan fingerprint density at radius 1 is 1.12 bits per heavy atom. The molecule has 0 atom stereocenters. The number of non-ortho nitro benzene ring substituents is 1. The lowest BCUT2D eigenvalue weighted by molar-refractivity contribution is -0.384. The average Bonchev–Trinajstić information content (AvgIpc) is 2.30. The number of nitro benzene ring substituents is 1. The molecule has 86 valence electrons. The van der Waals surface area contributed by atoms with E-state index < -0.39 is 0 Å². The highest BCUT2D eigenvalue weighted by Gasteiger charge is 2.28. The van der Waals surface area contributed by atoms with Crippen LogP contribution in [0.2, 0.25) is 0 Å². The maximum absolute atomic E-state index is 10.6. The molecule has 0 radical (unpaired) electrons. The molecule has 1 aromatic rings. The van der Waals surface area contributed by atoms with Gasteiger partial charge in [0, 0.05) is 12.1 Å². The predicted octanol–water partition coefficient (Wildman–Crippen LogP) is 3.82. The molecule has 0 spiro atoms. The number of nitrogens with zero attached hydrogens (tertiary/aromatic N) is 1. The SMILES string of the molecule is CC1(c2ccc([N+](=O)[O-])cc2)CCCCC1. The van der Waals surface area contributed by atoms with E-state index in [-0.39, 0.29) is 16.0 Å². The third-order valence-corrected chi connectivity index (χ3v) is 3.73. The van der Waals surface area contributed by atoms with Crippen LogP contribution in [0.15, 0.2) is 24.3 Å². The van der Waals surface area contributed by atoms with Crippen molar-refractivity contribution in [1.82, 2.24) is 0 Å². The Hall–Kier alpha value is -1.38. The van der Waals surface area contributed by atoms with Gasteiger partial charge in [-0.2, -0.15) is 0 Å². The van der Waals surface area contributed by atoms with E-state index in [1.165, 1.54) is 37.7 Å². The molecule has 0 aromatic heterocycles. The van der Waals surface area contributed by atoms with Gasteiger partial charge in [-0.3, -0.25) is 10.1 Å². The number of hydrogen-bond acceptors (Lipinski definition) is 2. The van der Waals surface area contributed by atoms with Gasteiger partial charge in [0.2, 0.25) is 0 Å². The van der Waals surface area contributed by atoms with Crippen molar-refractivity contribution >= 4 is 5.69 Å². The van der Waals surface area contributed by atoms with E-state index in [1.54, 1.807) is 12.1 Å². The Morgan fingerprint density at radius 2 is 1.69 bits per heavy atom. The van der Waals surface area contributed by atoms with E-state index in [0.29, 0.717) is 0 Å². The second-order valence-electron chi connectivity index (χ2n) is 4.93. The molecule has 1 saturated carbocycles. The van der Waals surface area contributed by atoms with Crippen molar-refractivity contribution in [3.05, 3.63) is 39.9 Å². The average molecular weight is 219 g/mol. The monoisotopic (exact) mass is 219 g/mol. The molecule has 1 aromatic carbocycles. The Bertz CT molecular complexity index is 377. The fourth-order valence-corrected chi connectivity index (χ4v) is 2.61. The van der Waals surface area contributed by atoms with Gasteiger partial charge in [-0.25, -0.2) is 0 Å². The summed E-state index contributed by atoms with van der Waals surface area (Å²) >= 11 is 0. The molecule has 0 heterocycles. The van der Waals surface area contributed by atoms with Crippen molar-refractivity contribution in [1.29, 1.82) is 0 Å². The second-order valence-corrected chi connectivity index (χ2v) is 4.93. The third kappa shape index (κ3) is 2.08. The van der Waals surface area contributed by atoms with Crippen molar-refractivity contribution in [3.63, 3.8) is 0 Å². The number of benzene rings is 1. The van der Waals surface area contributed by atoms with Crippen molar-refractivity contribution < 1.29 is 4.92 Å². The highest BCUT2D eigenvalue weighted by Crippen LogP contribution is 2.39. The van der Waals surface area contributed by atoms with Crippen LogP contribution in [-0.4, -0.2) is 4.92 Å². The van der Waals surface area contributed by atoms with E-state index in [2.05, 4.69) is 6.92 Å². The van der Waals surface area contributed by atoms with Crippen molar-refractivity contribution in [2.24, 2.45) is 0 Å². The smallest absolute Gasteiger partial charge is 0.258 e. The van der Waals surface area contributed by atoms with Crippen molar-refractivity contribution in [2.45, 2.75) is 44.4 Å². The zero-order valence-electron chi connectivity index (χ0n) is 9.61. The summed E-state index contributed by atoms with van der Waals surface area (Å²) in [5.74, 6) is 0. The molecule has 1 aliphatic carbocycles. The summed E-state index contributed by atoms with van der Waals surface area (Å²) in [6, 6.07) is 7.08. The number of nitro groups is 1. The van der Waals surface area contributed by atoms with E-state index >= 15 is 0 Å². The minimum atomic E-state index is -0.340. The van der Waals surface area contributed by atoms with Gasteiger partial charge >= 0.3 is 0 Å². The van der Waals surface area contributed by atoms with Gasteiger partial charge in [0.1, 0.15) is 0 Å². The van der Waals surface area contributed by atoms with Crippen LogP contribution in [0.25, 0.3) is 0 Å². The Morgan fingerprint density at radius 3 is 2.19 bits per heavy atom. The minimum absolute atomic E-state index is 0.183. The minimum Gasteiger partial charge on any atom is -0.258 e. The predicted molar refractivity (Wildman–Crippen MR) is 63.5 cm³/mol. The summed E-state index contributed by atoms with van der Waals surface area (Å²) in [4.78, 5) is 10.2. The van der Waals surface area contributed by atoms with Crippen LogP contribution in [0.1, 0.15) is 44.6 Å². The molecule has 0 saturated heterocycles. The highest BCUT2D eigenvalue weighted by molar-refractivity contribution is 5.36. The van der Waals surface area contributed by atoms with Gasteiger partial charge in [0.15, 0.2) is 0 Å². The first-order chi connectivity index (χ1) is 7.62. The Kier molecular flexibility index (Phi) is 2.95. The summed E-state index contributed by atoms with van der Waals surface area (Å²) in [6.07, 6.45) is 6.26. The van der Waals surface area contributed by atoms with Crippen molar-refractivity contribution in [2.75, 3.05) is 0 Å². The zero-order chi connectivity index (χ0) is 11.6. The molecule has 1 aliphatic rings. The summed E-state index contributed by atoms with van der Waals surface area (Å²) in [5, 5.41) is 10.6. The largest absolute Gasteiger partial charge is 0.269 e. The summed E-state index contributed by atoms with van der Waals surface area (Å²) in [5.41, 5.74) is 1.66. The van der Waals surface area contributed by atoms with Gasteiger partial charge < -0.3 is 0 Å². The van der Waals surface area contributed by atoms with E-state index in [4.69, 9.17) is 0 Å². The lowest BCUT2D eigenvalue weighted by Gasteiger charge is -2.34. The molecule has 3 heteroatoms. The maximum atomic E-state index is 10.6. The van der Waals surface area contributed by atoms with E-state index in [1.807, 2.05) is 12.1 Å². The fraction of sp³-hybridized carbons (Fsp3) is 0.538. The summed E-state index contributed by atoms with van der Waals surface area (Å²) < 4.78 is 0. The molecular formula is C13H17NO2. The van der Waals surface area contributed by atoms with Crippen molar-refractivity contribution in [3.8, 4) is 0 Å². The molecule has 16 heavy (non-hydrogen) atoms. The third-order valence-electron chi connectivity index (χ3n) is 3.73. The first-order valence-corrected chi connectivity index (χ1v) is 5.87. The van der Waals surface area contributed by atoms with Crippen LogP contribution in [0.3, 0.4) is 0 Å². The van der Waals surface area contributed by atoms with Crippen LogP contribution < -0.4 is 0 Å². The molecule has 2 rings (SSSR count). The van der Waals surface area contributed by atoms with E-state index in [0.717, 1.165) is 0 Å². The van der Waals surface area contributed by atoms with Crippen LogP contribution >= 0.6 is 0 Å². The van der Waals surface area contributed by atoms with Crippen LogP contribution in [-0.2, 0) is 5.41 Å². The molecular weight excluding hydrogens is 202 g/mol. The fourth-order valence-electron chi connectivity index (χ4n) is 2.61. The first-order valence-electron chi connectivity index (χ1n) is 5.87. The van der Waals surface area contributed by atoms with Crippen LogP contribution in [0, 0.1) is 10.1 Å². The van der Waals surface area contributed by atoms with E-state index in [9.17, 15) is 10.1 Å². The number of rotatable bonds is 2. The molecule has 0 unspecified atom stereocenters. The van der Waals surface area contributed by atoms with Gasteiger partial charge in [0.05, 0.1) is 4.92 Å². The van der Waals surface area contributed by atoms with Gasteiger partial charge in [-0.15, -0.1) is 0 Å². The second kappa shape index (κ2) is 4.24. The lowest BCUT2D eigenvalue weighted by atomic mass is 9.71. The number of hydrogen-bond donors (Lipinski definition) is 0. The summed E-state index contributed by atoms with van der Waals surface area (Å²) in [6.45, 7) is 2.27. The van der Waals surface area contributed by atoms with Gasteiger partial charge in [-0.05, 0) is 23.8 Å². The molecule has 0 aliphatic heterocycles. The molecule has 3 nitrogen and oxygen atoms in total. The standard InChI is InChI=1S/C13H17NO2/c1-13(9-3-2-4-10-13)11-5-7-12(8-6-11)14(15)16/h5-8H,2-4,9-10H2,1H3. The van der Waals surface area contributed by atoms with Gasteiger partial charge in [0.25, 0.3) is 5.69 Å². The topological polar surface area (TPSA) is 43.1 Å². The normalized spacial score (nSPS) is 19.3. The summed E-state index contributed by atoms with van der Waals surface area (Å²) in [7, 11) is 0. The molecule has 0 amide bonds. The molecule has 0 N–H and O–H groups in total. The Labute approximate surface area is 95.6 Å². The molecule has 0 bridgehead atoms. The highest BCUT2D eigenvalue weighted by atomic mass is 16.6. The van der Waals surface area contributed by atoms with Crippen LogP contribution in [0.5, 0.6) is 0 Å². The molecule has 1 fully saturated rings. The maximum Gasteiger partial charge on any atom is 0.269 e.